The fraction of sp³-hybridized carbons (Fsp3) is 0.632. The molecule has 0 radical (unpaired) electrons. The van der Waals surface area contributed by atoms with Crippen molar-refractivity contribution in [3.8, 4) is 5.75 Å². The molecule has 2 rings (SSSR count). The number of methoxy groups -OCH3 is 1. The van der Waals surface area contributed by atoms with Crippen LogP contribution in [0.1, 0.15) is 19.4 Å². The highest BCUT2D eigenvalue weighted by atomic mass is 28.3. The first-order chi connectivity index (χ1) is 12.0. The lowest BCUT2D eigenvalue weighted by Gasteiger charge is -2.34. The van der Waals surface area contributed by atoms with Gasteiger partial charge in [-0.1, -0.05) is 31.8 Å². The number of carbonyl (C=O) groups excluding carboxylic acids is 1. The van der Waals surface area contributed by atoms with Gasteiger partial charge in [0, 0.05) is 6.92 Å². The summed E-state index contributed by atoms with van der Waals surface area (Å²) in [7, 11) is -0.783. The molecule has 0 aliphatic heterocycles. The van der Waals surface area contributed by atoms with E-state index in [0.29, 0.717) is 0 Å². The molecule has 1 aromatic rings. The van der Waals surface area contributed by atoms with Crippen LogP contribution in [-0.4, -0.2) is 39.8 Å². The number of halogens is 2. The van der Waals surface area contributed by atoms with E-state index in [1.54, 1.807) is 26.2 Å². The van der Waals surface area contributed by atoms with E-state index in [1.165, 1.54) is 6.92 Å². The highest BCUT2D eigenvalue weighted by molar-refractivity contribution is 6.80. The molecular weight excluding hydrogens is 358 g/mol. The van der Waals surface area contributed by atoms with Gasteiger partial charge < -0.3 is 14.2 Å². The van der Waals surface area contributed by atoms with Crippen molar-refractivity contribution in [2.75, 3.05) is 13.7 Å². The summed E-state index contributed by atoms with van der Waals surface area (Å²) in [6.07, 6.45) is -0.837. The molecule has 0 spiro atoms. The third-order valence-corrected chi connectivity index (χ3v) is 8.96. The molecule has 0 saturated heterocycles. The topological polar surface area (TPSA) is 44.8 Å². The Balaban J connectivity index is 2.08. The molecule has 0 amide bonds. The van der Waals surface area contributed by atoms with Gasteiger partial charge in [-0.15, -0.1) is 0 Å². The largest absolute Gasteiger partial charge is 0.497 e. The normalized spacial score (nSPS) is 25.5. The summed E-state index contributed by atoms with van der Waals surface area (Å²) in [6.45, 7) is 8.70. The summed E-state index contributed by atoms with van der Waals surface area (Å²) in [6, 6.07) is 7.30. The lowest BCUT2D eigenvalue weighted by molar-refractivity contribution is -0.147. The first-order valence-corrected chi connectivity index (χ1v) is 12.2. The molecule has 0 heterocycles. The van der Waals surface area contributed by atoms with Crippen molar-refractivity contribution in [3.63, 3.8) is 0 Å². The second-order valence-corrected chi connectivity index (χ2v) is 13.2. The van der Waals surface area contributed by atoms with Crippen molar-refractivity contribution in [2.45, 2.75) is 57.2 Å². The monoisotopic (exact) mass is 386 g/mol. The zero-order chi connectivity index (χ0) is 19.8. The Morgan fingerprint density at radius 2 is 1.81 bits per heavy atom. The number of ether oxygens (including phenoxy) is 3. The molecule has 7 heteroatoms. The second kappa shape index (κ2) is 7.27. The Kier molecular flexibility index (Phi) is 5.82. The maximum Gasteiger partial charge on any atom is 0.302 e. The molecule has 1 fully saturated rings. The van der Waals surface area contributed by atoms with Gasteiger partial charge in [-0.3, -0.25) is 4.79 Å². The third-order valence-electron chi connectivity index (χ3n) is 5.39. The van der Waals surface area contributed by atoms with Gasteiger partial charge in [0.15, 0.2) is 0 Å². The molecule has 0 bridgehead atoms. The maximum atomic E-state index is 14.9. The Labute approximate surface area is 154 Å². The molecule has 1 aliphatic carbocycles. The molecule has 146 valence electrons. The molecule has 26 heavy (non-hydrogen) atoms. The first kappa shape index (κ1) is 20.8. The molecule has 3 atom stereocenters. The Morgan fingerprint density at radius 1 is 1.23 bits per heavy atom. The first-order valence-electron chi connectivity index (χ1n) is 8.74. The van der Waals surface area contributed by atoms with Gasteiger partial charge in [0.1, 0.15) is 11.9 Å². The van der Waals surface area contributed by atoms with Gasteiger partial charge in [-0.2, -0.15) is 0 Å². The van der Waals surface area contributed by atoms with E-state index in [2.05, 4.69) is 0 Å². The minimum atomic E-state index is -2.90. The molecule has 1 saturated carbocycles. The van der Waals surface area contributed by atoms with E-state index in [9.17, 15) is 13.6 Å². The molecule has 1 aliphatic rings. The van der Waals surface area contributed by atoms with E-state index in [1.807, 2.05) is 31.8 Å². The lowest BCUT2D eigenvalue weighted by Crippen LogP contribution is -2.43. The summed E-state index contributed by atoms with van der Waals surface area (Å²) >= 11 is 0. The highest BCUT2D eigenvalue weighted by Crippen LogP contribution is 2.78. The van der Waals surface area contributed by atoms with Crippen molar-refractivity contribution in [2.24, 2.45) is 5.92 Å². The summed E-state index contributed by atoms with van der Waals surface area (Å²) in [4.78, 5) is 11.3. The number of hydrogen-bond acceptors (Lipinski definition) is 4. The Bertz CT molecular complexity index is 642. The number of hydrogen-bond donors (Lipinski definition) is 0. The number of alkyl halides is 2. The summed E-state index contributed by atoms with van der Waals surface area (Å²) in [5.74, 6) is -3.63. The van der Waals surface area contributed by atoms with Gasteiger partial charge in [-0.05, 0) is 24.6 Å². The molecule has 0 N–H and O–H groups in total. The fourth-order valence-corrected chi connectivity index (χ4v) is 7.97. The van der Waals surface area contributed by atoms with E-state index < -0.39 is 37.0 Å². The Hall–Kier alpha value is -1.47. The average Bonchev–Trinajstić information content (AvgIpc) is 3.04. The van der Waals surface area contributed by atoms with Crippen molar-refractivity contribution in [1.82, 2.24) is 0 Å². The second-order valence-electron chi connectivity index (χ2n) is 7.91. The van der Waals surface area contributed by atoms with Gasteiger partial charge >= 0.3 is 5.97 Å². The van der Waals surface area contributed by atoms with Gasteiger partial charge in [0.25, 0.3) is 5.92 Å². The van der Waals surface area contributed by atoms with Crippen molar-refractivity contribution in [1.29, 1.82) is 0 Å². The van der Waals surface area contributed by atoms with E-state index in [-0.39, 0.29) is 13.2 Å². The van der Waals surface area contributed by atoms with Crippen LogP contribution in [-0.2, 0) is 20.9 Å². The summed E-state index contributed by atoms with van der Waals surface area (Å²) < 4.78 is 45.7. The van der Waals surface area contributed by atoms with Crippen LogP contribution in [0.5, 0.6) is 5.75 Å². The number of rotatable bonds is 8. The predicted molar refractivity (Wildman–Crippen MR) is 98.4 cm³/mol. The molecule has 1 aromatic carbocycles. The van der Waals surface area contributed by atoms with Crippen molar-refractivity contribution >= 4 is 14.0 Å². The van der Waals surface area contributed by atoms with Crippen molar-refractivity contribution < 1.29 is 27.8 Å². The number of esters is 1. The molecule has 0 aromatic heterocycles. The zero-order valence-electron chi connectivity index (χ0n) is 16.3. The quantitative estimate of drug-likeness (QED) is 0.487. The van der Waals surface area contributed by atoms with Crippen molar-refractivity contribution in [3.05, 3.63) is 29.8 Å². The fourth-order valence-electron chi connectivity index (χ4n) is 4.28. The summed E-state index contributed by atoms with van der Waals surface area (Å²) in [5, 5.41) is -1.30. The zero-order valence-corrected chi connectivity index (χ0v) is 17.3. The summed E-state index contributed by atoms with van der Waals surface area (Å²) in [5.41, 5.74) is 0.890. The van der Waals surface area contributed by atoms with Gasteiger partial charge in [-0.25, -0.2) is 8.78 Å². The van der Waals surface area contributed by atoms with Crippen LogP contribution in [0.3, 0.4) is 0 Å². The van der Waals surface area contributed by atoms with Crippen LogP contribution < -0.4 is 4.74 Å². The maximum absolute atomic E-state index is 14.9. The van der Waals surface area contributed by atoms with Crippen LogP contribution in [0, 0.1) is 5.92 Å². The molecule has 4 nitrogen and oxygen atoms in total. The van der Waals surface area contributed by atoms with Gasteiger partial charge in [0.05, 0.1) is 39.4 Å². The van der Waals surface area contributed by atoms with Gasteiger partial charge in [0.2, 0.25) is 0 Å². The standard InChI is InChI=1S/C19H28F2O4Si/c1-13(25-14(2)22)18(26(4,5)6)17(19(18,20)21)12-24-11-15-7-9-16(23-3)10-8-15/h7-10,13,17H,11-12H2,1-6H3. The van der Waals surface area contributed by atoms with Crippen LogP contribution in [0.25, 0.3) is 0 Å². The number of carbonyl (C=O) groups is 1. The Morgan fingerprint density at radius 3 is 2.27 bits per heavy atom. The molecule has 3 unspecified atom stereocenters. The van der Waals surface area contributed by atoms with Crippen LogP contribution >= 0.6 is 0 Å². The smallest absolute Gasteiger partial charge is 0.302 e. The minimum Gasteiger partial charge on any atom is -0.497 e. The number of benzene rings is 1. The predicted octanol–water partition coefficient (Wildman–Crippen LogP) is 4.51. The highest BCUT2D eigenvalue weighted by Gasteiger charge is 2.87. The van der Waals surface area contributed by atoms with E-state index >= 15 is 0 Å². The van der Waals surface area contributed by atoms with Crippen LogP contribution in [0.15, 0.2) is 24.3 Å². The van der Waals surface area contributed by atoms with E-state index in [4.69, 9.17) is 14.2 Å². The average molecular weight is 387 g/mol. The lowest BCUT2D eigenvalue weighted by atomic mass is 10.2. The third kappa shape index (κ3) is 3.51. The SMILES string of the molecule is COc1ccc(COCC2C(F)(F)C2(C(C)OC(C)=O)[Si](C)(C)C)cc1. The molecular formula is C19H28F2O4Si. The van der Waals surface area contributed by atoms with E-state index in [0.717, 1.165) is 11.3 Å². The van der Waals surface area contributed by atoms with Crippen LogP contribution in [0.4, 0.5) is 8.78 Å². The van der Waals surface area contributed by atoms with Crippen LogP contribution in [0.2, 0.25) is 24.7 Å². The minimum absolute atomic E-state index is 0.0606.